The standard InChI is InChI=1S/C22H22BrN5O2/c1-26-20-19(21(29)27(2)22(26)30)28(14-25-20)13-12-24-18(15-6-4-3-5-7-15)16-8-10-17(23)11-9-16/h3-11,14,18,24H,12-13H2,1-2H3/t18-/m1/s1. The van der Waals surface area contributed by atoms with E-state index < -0.39 is 0 Å². The maximum absolute atomic E-state index is 12.6. The highest BCUT2D eigenvalue weighted by Crippen LogP contribution is 2.23. The first-order chi connectivity index (χ1) is 14.5. The molecule has 0 spiro atoms. The van der Waals surface area contributed by atoms with Crippen LogP contribution in [-0.4, -0.2) is 25.2 Å². The van der Waals surface area contributed by atoms with Gasteiger partial charge in [-0.25, -0.2) is 9.78 Å². The topological polar surface area (TPSA) is 73.8 Å². The number of fused-ring (bicyclic) bond motifs is 1. The molecule has 0 saturated carbocycles. The molecule has 0 fully saturated rings. The van der Waals surface area contributed by atoms with Crippen molar-refractivity contribution in [3.63, 3.8) is 0 Å². The summed E-state index contributed by atoms with van der Waals surface area (Å²) in [5.74, 6) is 0. The van der Waals surface area contributed by atoms with Crippen molar-refractivity contribution in [2.45, 2.75) is 12.6 Å². The molecular weight excluding hydrogens is 446 g/mol. The van der Waals surface area contributed by atoms with Gasteiger partial charge in [-0.05, 0) is 23.3 Å². The second kappa shape index (κ2) is 8.41. The first-order valence-electron chi connectivity index (χ1n) is 9.62. The zero-order valence-electron chi connectivity index (χ0n) is 16.7. The summed E-state index contributed by atoms with van der Waals surface area (Å²) in [5, 5.41) is 3.59. The molecule has 8 heteroatoms. The van der Waals surface area contributed by atoms with Gasteiger partial charge in [-0.3, -0.25) is 13.9 Å². The summed E-state index contributed by atoms with van der Waals surface area (Å²) in [5.41, 5.74) is 2.43. The summed E-state index contributed by atoms with van der Waals surface area (Å²) in [6.07, 6.45) is 1.62. The Labute approximate surface area is 181 Å². The van der Waals surface area contributed by atoms with Crippen molar-refractivity contribution in [2.75, 3.05) is 6.54 Å². The number of imidazole rings is 1. The molecule has 0 aliphatic rings. The van der Waals surface area contributed by atoms with Gasteiger partial charge in [0, 0.05) is 31.7 Å². The highest BCUT2D eigenvalue weighted by molar-refractivity contribution is 9.10. The van der Waals surface area contributed by atoms with Gasteiger partial charge in [-0.2, -0.15) is 0 Å². The van der Waals surface area contributed by atoms with Crippen LogP contribution < -0.4 is 16.6 Å². The average Bonchev–Trinajstić information content (AvgIpc) is 3.19. The number of hydrogen-bond acceptors (Lipinski definition) is 4. The number of benzene rings is 2. The van der Waals surface area contributed by atoms with E-state index in [4.69, 9.17) is 0 Å². The highest BCUT2D eigenvalue weighted by atomic mass is 79.9. The Morgan fingerprint density at radius 3 is 2.33 bits per heavy atom. The average molecular weight is 468 g/mol. The normalized spacial score (nSPS) is 12.4. The van der Waals surface area contributed by atoms with Gasteiger partial charge in [0.15, 0.2) is 11.2 Å². The van der Waals surface area contributed by atoms with Crippen LogP contribution in [0.3, 0.4) is 0 Å². The largest absolute Gasteiger partial charge is 0.332 e. The predicted molar refractivity (Wildman–Crippen MR) is 121 cm³/mol. The number of nitrogens with zero attached hydrogens (tertiary/aromatic N) is 4. The summed E-state index contributed by atoms with van der Waals surface area (Å²) < 4.78 is 5.34. The van der Waals surface area contributed by atoms with Crippen LogP contribution in [0.5, 0.6) is 0 Å². The number of aryl methyl sites for hydroxylation is 1. The summed E-state index contributed by atoms with van der Waals surface area (Å²) in [6.45, 7) is 1.16. The van der Waals surface area contributed by atoms with Crippen molar-refractivity contribution in [3.8, 4) is 0 Å². The second-order valence-corrected chi connectivity index (χ2v) is 8.08. The highest BCUT2D eigenvalue weighted by Gasteiger charge is 2.16. The third kappa shape index (κ3) is 3.76. The van der Waals surface area contributed by atoms with E-state index in [0.717, 1.165) is 20.2 Å². The van der Waals surface area contributed by atoms with Gasteiger partial charge in [-0.15, -0.1) is 0 Å². The molecule has 154 valence electrons. The fourth-order valence-corrected chi connectivity index (χ4v) is 3.89. The molecule has 0 radical (unpaired) electrons. The number of halogens is 1. The van der Waals surface area contributed by atoms with Gasteiger partial charge in [0.2, 0.25) is 0 Å². The summed E-state index contributed by atoms with van der Waals surface area (Å²) in [7, 11) is 3.11. The molecule has 30 heavy (non-hydrogen) atoms. The minimum absolute atomic E-state index is 0.0151. The van der Waals surface area contributed by atoms with Crippen LogP contribution in [0.2, 0.25) is 0 Å². The quantitative estimate of drug-likeness (QED) is 0.472. The molecule has 2 aromatic carbocycles. The second-order valence-electron chi connectivity index (χ2n) is 7.17. The van der Waals surface area contributed by atoms with Crippen LogP contribution in [0.4, 0.5) is 0 Å². The third-order valence-electron chi connectivity index (χ3n) is 5.25. The molecule has 0 bridgehead atoms. The predicted octanol–water partition coefficient (Wildman–Crippen LogP) is 2.58. The van der Waals surface area contributed by atoms with E-state index in [0.29, 0.717) is 24.3 Å². The van der Waals surface area contributed by atoms with Crippen LogP contribution in [0.15, 0.2) is 75.0 Å². The molecule has 0 aliphatic heterocycles. The first kappa shape index (κ1) is 20.3. The van der Waals surface area contributed by atoms with E-state index in [1.165, 1.54) is 11.6 Å². The molecule has 0 aliphatic carbocycles. The van der Waals surface area contributed by atoms with Gasteiger partial charge in [0.25, 0.3) is 5.56 Å². The fraction of sp³-hybridized carbons (Fsp3) is 0.227. The van der Waals surface area contributed by atoms with Crippen LogP contribution >= 0.6 is 15.9 Å². The minimum Gasteiger partial charge on any atom is -0.323 e. The third-order valence-corrected chi connectivity index (χ3v) is 5.78. The van der Waals surface area contributed by atoms with E-state index >= 15 is 0 Å². The van der Waals surface area contributed by atoms with Crippen LogP contribution in [0.1, 0.15) is 17.2 Å². The van der Waals surface area contributed by atoms with Gasteiger partial charge in [0.05, 0.1) is 12.4 Å². The van der Waals surface area contributed by atoms with Crippen molar-refractivity contribution < 1.29 is 0 Å². The first-order valence-corrected chi connectivity index (χ1v) is 10.4. The van der Waals surface area contributed by atoms with E-state index in [-0.39, 0.29) is 17.3 Å². The van der Waals surface area contributed by atoms with Crippen molar-refractivity contribution in [3.05, 3.63) is 97.4 Å². The maximum Gasteiger partial charge on any atom is 0.332 e. The van der Waals surface area contributed by atoms with E-state index in [2.05, 4.69) is 50.5 Å². The number of aromatic nitrogens is 4. The summed E-state index contributed by atoms with van der Waals surface area (Å²) in [4.78, 5) is 29.0. The number of nitrogens with one attached hydrogen (secondary N) is 1. The van der Waals surface area contributed by atoms with Gasteiger partial charge in [0.1, 0.15) is 0 Å². The fourth-order valence-electron chi connectivity index (χ4n) is 3.62. The Morgan fingerprint density at radius 1 is 0.967 bits per heavy atom. The SMILES string of the molecule is Cn1c(=O)c2c(ncn2CCN[C@H](c2ccccc2)c2ccc(Br)cc2)n(C)c1=O. The smallest absolute Gasteiger partial charge is 0.323 e. The molecule has 7 nitrogen and oxygen atoms in total. The minimum atomic E-state index is -0.379. The lowest BCUT2D eigenvalue weighted by molar-refractivity contribution is 0.555. The molecule has 0 saturated heterocycles. The monoisotopic (exact) mass is 467 g/mol. The Kier molecular flexibility index (Phi) is 5.69. The lowest BCUT2D eigenvalue weighted by Gasteiger charge is -2.20. The van der Waals surface area contributed by atoms with Crippen molar-refractivity contribution in [1.29, 1.82) is 0 Å². The molecule has 0 amide bonds. The summed E-state index contributed by atoms with van der Waals surface area (Å²) in [6, 6.07) is 18.5. The maximum atomic E-state index is 12.6. The van der Waals surface area contributed by atoms with Crippen molar-refractivity contribution in [2.24, 2.45) is 14.1 Å². The number of hydrogen-bond donors (Lipinski definition) is 1. The van der Waals surface area contributed by atoms with Crippen molar-refractivity contribution in [1.82, 2.24) is 24.0 Å². The van der Waals surface area contributed by atoms with Crippen LogP contribution in [0.25, 0.3) is 11.2 Å². The van der Waals surface area contributed by atoms with Gasteiger partial charge < -0.3 is 9.88 Å². The van der Waals surface area contributed by atoms with Crippen LogP contribution in [0, 0.1) is 0 Å². The zero-order chi connectivity index (χ0) is 21.3. The number of rotatable bonds is 6. The van der Waals surface area contributed by atoms with E-state index in [9.17, 15) is 9.59 Å². The molecule has 2 heterocycles. The lowest BCUT2D eigenvalue weighted by Crippen LogP contribution is -2.37. The van der Waals surface area contributed by atoms with Gasteiger partial charge in [-0.1, -0.05) is 58.4 Å². The molecule has 1 atom stereocenters. The van der Waals surface area contributed by atoms with Crippen LogP contribution in [-0.2, 0) is 20.6 Å². The molecule has 1 N–H and O–H groups in total. The Morgan fingerprint density at radius 2 is 1.63 bits per heavy atom. The zero-order valence-corrected chi connectivity index (χ0v) is 18.3. The Hall–Kier alpha value is -2.97. The molecule has 4 aromatic rings. The molecule has 4 rings (SSSR count). The Balaban J connectivity index is 1.61. The van der Waals surface area contributed by atoms with Gasteiger partial charge >= 0.3 is 5.69 Å². The summed E-state index contributed by atoms with van der Waals surface area (Å²) >= 11 is 3.49. The molecular formula is C22H22BrN5O2. The lowest BCUT2D eigenvalue weighted by atomic mass is 9.99. The van der Waals surface area contributed by atoms with Crippen molar-refractivity contribution >= 4 is 27.1 Å². The molecule has 0 unspecified atom stereocenters. The molecule has 2 aromatic heterocycles. The Bertz CT molecular complexity index is 1290. The van der Waals surface area contributed by atoms with E-state index in [1.807, 2.05) is 30.3 Å². The van der Waals surface area contributed by atoms with E-state index in [1.54, 1.807) is 17.9 Å².